The van der Waals surface area contributed by atoms with Gasteiger partial charge in [-0.2, -0.15) is 0 Å². The van der Waals surface area contributed by atoms with Gasteiger partial charge in [-0.05, 0) is 29.5 Å². The van der Waals surface area contributed by atoms with Crippen molar-refractivity contribution in [2.45, 2.75) is 12.8 Å². The third-order valence-electron chi connectivity index (χ3n) is 2.56. The number of hydrogen-bond donors (Lipinski definition) is 0. The zero-order valence-corrected chi connectivity index (χ0v) is 11.4. The minimum absolute atomic E-state index is 0.448. The average molecular weight is 292 g/mol. The molecule has 0 aliphatic carbocycles. The van der Waals surface area contributed by atoms with Crippen LogP contribution in [0.5, 0.6) is 0 Å². The first-order valence-corrected chi connectivity index (χ1v) is 6.49. The molecule has 0 saturated carbocycles. The number of halogens is 2. The molecule has 1 aromatic rings. The molecule has 0 heterocycles. The van der Waals surface area contributed by atoms with Crippen LogP contribution in [-0.2, 0) is 4.74 Å². The summed E-state index contributed by atoms with van der Waals surface area (Å²) in [5, 5.41) is 1.72. The Morgan fingerprint density at radius 2 is 2.20 bits per heavy atom. The van der Waals surface area contributed by atoms with E-state index in [2.05, 4.69) is 28.9 Å². The van der Waals surface area contributed by atoms with Gasteiger partial charge < -0.3 is 4.74 Å². The van der Waals surface area contributed by atoms with Crippen LogP contribution in [0.2, 0.25) is 5.02 Å². The summed E-state index contributed by atoms with van der Waals surface area (Å²) in [6.45, 7) is 2.96. The van der Waals surface area contributed by atoms with Crippen LogP contribution >= 0.6 is 27.5 Å². The lowest BCUT2D eigenvalue weighted by atomic mass is 9.89. The van der Waals surface area contributed by atoms with Crippen LogP contribution in [0.15, 0.2) is 24.3 Å². The van der Waals surface area contributed by atoms with Gasteiger partial charge in [0.15, 0.2) is 0 Å². The Balaban J connectivity index is 2.82. The Labute approximate surface area is 105 Å². The van der Waals surface area contributed by atoms with Gasteiger partial charge in [0.25, 0.3) is 0 Å². The minimum atomic E-state index is 0.448. The van der Waals surface area contributed by atoms with Crippen LogP contribution in [0.1, 0.15) is 18.4 Å². The van der Waals surface area contributed by atoms with Crippen molar-refractivity contribution >= 4 is 27.5 Å². The van der Waals surface area contributed by atoms with E-state index in [-0.39, 0.29) is 0 Å². The van der Waals surface area contributed by atoms with Crippen molar-refractivity contribution in [3.8, 4) is 0 Å². The van der Waals surface area contributed by atoms with Gasteiger partial charge in [-0.15, -0.1) is 0 Å². The van der Waals surface area contributed by atoms with E-state index in [1.807, 2.05) is 18.2 Å². The van der Waals surface area contributed by atoms with E-state index < -0.39 is 0 Å². The summed E-state index contributed by atoms with van der Waals surface area (Å²) in [5.74, 6) is 0.927. The third kappa shape index (κ3) is 3.78. The second kappa shape index (κ2) is 6.51. The summed E-state index contributed by atoms with van der Waals surface area (Å²) in [4.78, 5) is 0. The summed E-state index contributed by atoms with van der Waals surface area (Å²) in [6, 6.07) is 8.04. The lowest BCUT2D eigenvalue weighted by Gasteiger charge is -2.21. The largest absolute Gasteiger partial charge is 0.384 e. The molecule has 0 amide bonds. The highest BCUT2D eigenvalue weighted by Gasteiger charge is 2.18. The Bertz CT molecular complexity index is 303. The molecule has 0 fully saturated rings. The zero-order valence-electron chi connectivity index (χ0n) is 9.04. The van der Waals surface area contributed by atoms with E-state index in [1.165, 1.54) is 5.56 Å². The van der Waals surface area contributed by atoms with Crippen molar-refractivity contribution in [3.05, 3.63) is 34.9 Å². The smallest absolute Gasteiger partial charge is 0.0493 e. The maximum Gasteiger partial charge on any atom is 0.0493 e. The fourth-order valence-corrected chi connectivity index (χ4v) is 2.90. The zero-order chi connectivity index (χ0) is 11.3. The molecule has 0 aliphatic heterocycles. The predicted molar refractivity (Wildman–Crippen MR) is 69.0 cm³/mol. The number of ether oxygens (including phenoxy) is 1. The fourth-order valence-electron chi connectivity index (χ4n) is 1.69. The van der Waals surface area contributed by atoms with Crippen LogP contribution in [0.4, 0.5) is 0 Å². The Hall–Kier alpha value is -0.0500. The first-order valence-electron chi connectivity index (χ1n) is 4.99. The summed E-state index contributed by atoms with van der Waals surface area (Å²) >= 11 is 9.53. The van der Waals surface area contributed by atoms with E-state index in [0.29, 0.717) is 11.8 Å². The second-order valence-electron chi connectivity index (χ2n) is 3.75. The van der Waals surface area contributed by atoms with Crippen LogP contribution in [0, 0.1) is 5.92 Å². The summed E-state index contributed by atoms with van der Waals surface area (Å²) in [5.41, 5.74) is 1.27. The van der Waals surface area contributed by atoms with Gasteiger partial charge in [0.2, 0.25) is 0 Å². The highest BCUT2D eigenvalue weighted by molar-refractivity contribution is 9.09. The number of alkyl halides is 1. The van der Waals surface area contributed by atoms with E-state index in [0.717, 1.165) is 17.0 Å². The average Bonchev–Trinajstić information content (AvgIpc) is 2.19. The molecule has 3 heteroatoms. The molecule has 0 N–H and O–H groups in total. The molecule has 2 atom stereocenters. The van der Waals surface area contributed by atoms with Crippen LogP contribution in [0.3, 0.4) is 0 Å². The normalized spacial score (nSPS) is 14.9. The molecule has 0 saturated heterocycles. The van der Waals surface area contributed by atoms with Crippen molar-refractivity contribution in [2.24, 2.45) is 5.92 Å². The molecule has 0 aliphatic rings. The lowest BCUT2D eigenvalue weighted by molar-refractivity contribution is 0.150. The van der Waals surface area contributed by atoms with Crippen molar-refractivity contribution in [2.75, 3.05) is 19.0 Å². The maximum absolute atomic E-state index is 5.98. The quantitative estimate of drug-likeness (QED) is 0.742. The van der Waals surface area contributed by atoms with Crippen LogP contribution < -0.4 is 0 Å². The monoisotopic (exact) mass is 290 g/mol. The summed E-state index contributed by atoms with van der Waals surface area (Å²) in [7, 11) is 1.74. The molecule has 0 radical (unpaired) electrons. The maximum atomic E-state index is 5.98. The van der Waals surface area contributed by atoms with Gasteiger partial charge in [0.1, 0.15) is 0 Å². The standard InChI is InChI=1S/C12H16BrClO/c1-9(8-15-2)12(7-13)10-4-3-5-11(14)6-10/h3-6,9,12H,7-8H2,1-2H3. The second-order valence-corrected chi connectivity index (χ2v) is 4.83. The lowest BCUT2D eigenvalue weighted by Crippen LogP contribution is -2.16. The highest BCUT2D eigenvalue weighted by atomic mass is 79.9. The molecular weight excluding hydrogens is 275 g/mol. The molecule has 15 heavy (non-hydrogen) atoms. The van der Waals surface area contributed by atoms with E-state index in [4.69, 9.17) is 16.3 Å². The Morgan fingerprint density at radius 3 is 2.73 bits per heavy atom. The molecule has 0 bridgehead atoms. The number of methoxy groups -OCH3 is 1. The molecule has 1 aromatic carbocycles. The third-order valence-corrected chi connectivity index (χ3v) is 3.49. The Kier molecular flexibility index (Phi) is 5.65. The minimum Gasteiger partial charge on any atom is -0.384 e. The topological polar surface area (TPSA) is 9.23 Å². The predicted octanol–water partition coefficient (Wildman–Crippen LogP) is 4.10. The summed E-state index contributed by atoms with van der Waals surface area (Å²) < 4.78 is 5.18. The Morgan fingerprint density at radius 1 is 1.47 bits per heavy atom. The van der Waals surface area contributed by atoms with Crippen molar-refractivity contribution in [1.29, 1.82) is 0 Å². The van der Waals surface area contributed by atoms with Crippen LogP contribution in [-0.4, -0.2) is 19.0 Å². The van der Waals surface area contributed by atoms with E-state index in [1.54, 1.807) is 7.11 Å². The molecule has 1 nitrogen and oxygen atoms in total. The number of benzene rings is 1. The fraction of sp³-hybridized carbons (Fsp3) is 0.500. The van der Waals surface area contributed by atoms with Gasteiger partial charge in [-0.3, -0.25) is 0 Å². The van der Waals surface area contributed by atoms with Gasteiger partial charge in [0.05, 0.1) is 0 Å². The van der Waals surface area contributed by atoms with Gasteiger partial charge in [0, 0.05) is 24.1 Å². The van der Waals surface area contributed by atoms with Crippen LogP contribution in [0.25, 0.3) is 0 Å². The van der Waals surface area contributed by atoms with E-state index >= 15 is 0 Å². The van der Waals surface area contributed by atoms with Crippen molar-refractivity contribution in [3.63, 3.8) is 0 Å². The number of hydrogen-bond acceptors (Lipinski definition) is 1. The molecule has 1 rings (SSSR count). The molecular formula is C12H16BrClO. The van der Waals surface area contributed by atoms with Crippen molar-refractivity contribution < 1.29 is 4.74 Å². The van der Waals surface area contributed by atoms with Gasteiger partial charge >= 0.3 is 0 Å². The van der Waals surface area contributed by atoms with Gasteiger partial charge in [-0.25, -0.2) is 0 Å². The van der Waals surface area contributed by atoms with Crippen molar-refractivity contribution in [1.82, 2.24) is 0 Å². The SMILES string of the molecule is COCC(C)C(CBr)c1cccc(Cl)c1. The highest BCUT2D eigenvalue weighted by Crippen LogP contribution is 2.28. The van der Waals surface area contributed by atoms with Gasteiger partial charge in [-0.1, -0.05) is 46.6 Å². The molecule has 0 aromatic heterocycles. The first-order chi connectivity index (χ1) is 7.19. The molecule has 84 valence electrons. The first kappa shape index (κ1) is 13.0. The number of rotatable bonds is 5. The van der Waals surface area contributed by atoms with E-state index in [9.17, 15) is 0 Å². The molecule has 2 unspecified atom stereocenters. The molecule has 0 spiro atoms. The summed E-state index contributed by atoms with van der Waals surface area (Å²) in [6.07, 6.45) is 0.